The van der Waals surface area contributed by atoms with Gasteiger partial charge in [0.2, 0.25) is 0 Å². The maximum absolute atomic E-state index is 4.46. The first-order chi connectivity index (χ1) is 12.3. The molecule has 1 saturated heterocycles. The standard InChI is InChI=1S/C22H27N3/c1-3-24-13-10-20(11-14-24)25-15-9-18-7-8-19(16-22(18)25)17(2)21-6-4-5-12-23-21/h4-8,12,16,20H,2-3,9-11,13-15H2,1H3. The molecule has 0 atom stereocenters. The monoisotopic (exact) mass is 333 g/mol. The van der Waals surface area contributed by atoms with Gasteiger partial charge in [-0.25, -0.2) is 0 Å². The molecule has 0 radical (unpaired) electrons. The Kier molecular flexibility index (Phi) is 4.58. The molecule has 1 aromatic heterocycles. The van der Waals surface area contributed by atoms with E-state index in [4.69, 9.17) is 0 Å². The summed E-state index contributed by atoms with van der Waals surface area (Å²) in [5.74, 6) is 0. The fraction of sp³-hybridized carbons (Fsp3) is 0.409. The van der Waals surface area contributed by atoms with Crippen LogP contribution in [0.25, 0.3) is 5.57 Å². The topological polar surface area (TPSA) is 19.4 Å². The molecule has 0 N–H and O–H groups in total. The summed E-state index contributed by atoms with van der Waals surface area (Å²) in [5, 5.41) is 0. The lowest BCUT2D eigenvalue weighted by Gasteiger charge is -2.37. The Bertz CT molecular complexity index is 745. The highest BCUT2D eigenvalue weighted by molar-refractivity contribution is 5.79. The van der Waals surface area contributed by atoms with Gasteiger partial charge in [-0.1, -0.05) is 31.7 Å². The number of hydrogen-bond donors (Lipinski definition) is 0. The Balaban J connectivity index is 1.57. The molecule has 2 aliphatic heterocycles. The van der Waals surface area contributed by atoms with Gasteiger partial charge < -0.3 is 9.80 Å². The molecule has 1 aromatic carbocycles. The molecule has 0 amide bonds. The van der Waals surface area contributed by atoms with Crippen molar-refractivity contribution in [1.29, 1.82) is 0 Å². The van der Waals surface area contributed by atoms with Gasteiger partial charge in [-0.05, 0) is 55.1 Å². The van der Waals surface area contributed by atoms with Crippen molar-refractivity contribution >= 4 is 11.3 Å². The molecule has 0 unspecified atom stereocenters. The smallest absolute Gasteiger partial charge is 0.0702 e. The van der Waals surface area contributed by atoms with Crippen LogP contribution < -0.4 is 4.90 Å². The van der Waals surface area contributed by atoms with Crippen LogP contribution in [0.1, 0.15) is 36.6 Å². The maximum Gasteiger partial charge on any atom is 0.0702 e. The number of nitrogens with zero attached hydrogens (tertiary/aromatic N) is 3. The zero-order valence-electron chi connectivity index (χ0n) is 15.1. The molecule has 0 bridgehead atoms. The molecule has 25 heavy (non-hydrogen) atoms. The van der Waals surface area contributed by atoms with Crippen LogP contribution in [0.2, 0.25) is 0 Å². The number of hydrogen-bond acceptors (Lipinski definition) is 3. The first-order valence-electron chi connectivity index (χ1n) is 9.49. The van der Waals surface area contributed by atoms with Crippen LogP contribution in [0.4, 0.5) is 5.69 Å². The summed E-state index contributed by atoms with van der Waals surface area (Å²) < 4.78 is 0. The van der Waals surface area contributed by atoms with Crippen LogP contribution in [-0.4, -0.2) is 42.1 Å². The van der Waals surface area contributed by atoms with Gasteiger partial charge in [-0.15, -0.1) is 0 Å². The van der Waals surface area contributed by atoms with Gasteiger partial charge in [0.15, 0.2) is 0 Å². The maximum atomic E-state index is 4.46. The van der Waals surface area contributed by atoms with Gasteiger partial charge in [0.05, 0.1) is 5.69 Å². The third-order valence-electron chi connectivity index (χ3n) is 5.78. The third kappa shape index (κ3) is 3.21. The summed E-state index contributed by atoms with van der Waals surface area (Å²) >= 11 is 0. The van der Waals surface area contributed by atoms with E-state index in [1.54, 1.807) is 0 Å². The summed E-state index contributed by atoms with van der Waals surface area (Å²) in [6.07, 6.45) is 5.55. The molecule has 0 spiro atoms. The van der Waals surface area contributed by atoms with Crippen molar-refractivity contribution in [2.75, 3.05) is 31.1 Å². The third-order valence-corrected chi connectivity index (χ3v) is 5.78. The fourth-order valence-corrected chi connectivity index (χ4v) is 4.21. The molecule has 2 aromatic rings. The summed E-state index contributed by atoms with van der Waals surface area (Å²) in [5.41, 5.74) is 6.06. The summed E-state index contributed by atoms with van der Waals surface area (Å²) in [6.45, 7) is 11.4. The molecule has 4 rings (SSSR count). The highest BCUT2D eigenvalue weighted by atomic mass is 15.2. The molecule has 2 aliphatic rings. The Hall–Kier alpha value is -2.13. The zero-order chi connectivity index (χ0) is 17.2. The zero-order valence-corrected chi connectivity index (χ0v) is 15.1. The minimum absolute atomic E-state index is 0.683. The second-order valence-electron chi connectivity index (χ2n) is 7.15. The van der Waals surface area contributed by atoms with Crippen molar-refractivity contribution in [2.45, 2.75) is 32.2 Å². The summed E-state index contributed by atoms with van der Waals surface area (Å²) in [6, 6.07) is 13.5. The number of benzene rings is 1. The highest BCUT2D eigenvalue weighted by Gasteiger charge is 2.29. The first kappa shape index (κ1) is 16.3. The lowest BCUT2D eigenvalue weighted by molar-refractivity contribution is 0.219. The lowest BCUT2D eigenvalue weighted by atomic mass is 9.99. The van der Waals surface area contributed by atoms with Gasteiger partial charge in [0.1, 0.15) is 0 Å². The van der Waals surface area contributed by atoms with Crippen LogP contribution in [-0.2, 0) is 6.42 Å². The summed E-state index contributed by atoms with van der Waals surface area (Å²) in [4.78, 5) is 9.67. The molecule has 0 saturated carbocycles. The Morgan fingerprint density at radius 3 is 2.72 bits per heavy atom. The van der Waals surface area contributed by atoms with E-state index in [0.29, 0.717) is 6.04 Å². The van der Waals surface area contributed by atoms with E-state index in [0.717, 1.165) is 17.8 Å². The number of fused-ring (bicyclic) bond motifs is 1. The van der Waals surface area contributed by atoms with Gasteiger partial charge in [-0.2, -0.15) is 0 Å². The molecule has 3 heterocycles. The average Bonchev–Trinajstić information content (AvgIpc) is 3.11. The Labute approximate surface area is 151 Å². The van der Waals surface area contributed by atoms with E-state index in [2.05, 4.69) is 46.5 Å². The number of aromatic nitrogens is 1. The number of pyridine rings is 1. The second-order valence-corrected chi connectivity index (χ2v) is 7.15. The van der Waals surface area contributed by atoms with E-state index in [1.807, 2.05) is 24.4 Å². The summed E-state index contributed by atoms with van der Waals surface area (Å²) in [7, 11) is 0. The average molecular weight is 333 g/mol. The van der Waals surface area contributed by atoms with E-state index < -0.39 is 0 Å². The number of rotatable bonds is 4. The molecule has 3 heteroatoms. The second kappa shape index (κ2) is 7.01. The van der Waals surface area contributed by atoms with Gasteiger partial charge in [0.25, 0.3) is 0 Å². The van der Waals surface area contributed by atoms with Crippen molar-refractivity contribution in [3.05, 3.63) is 66.0 Å². The first-order valence-corrected chi connectivity index (χ1v) is 9.49. The molecule has 0 aliphatic carbocycles. The van der Waals surface area contributed by atoms with Crippen molar-refractivity contribution in [3.8, 4) is 0 Å². The normalized spacial score (nSPS) is 18.4. The fourth-order valence-electron chi connectivity index (χ4n) is 4.21. The number of likely N-dealkylation sites (tertiary alicyclic amines) is 1. The lowest BCUT2D eigenvalue weighted by Crippen LogP contribution is -2.44. The van der Waals surface area contributed by atoms with Gasteiger partial charge in [-0.3, -0.25) is 4.98 Å². The quantitative estimate of drug-likeness (QED) is 0.843. The molecule has 130 valence electrons. The highest BCUT2D eigenvalue weighted by Crippen LogP contribution is 2.35. The van der Waals surface area contributed by atoms with E-state index in [1.165, 1.54) is 55.7 Å². The predicted octanol–water partition coefficient (Wildman–Crippen LogP) is 3.99. The largest absolute Gasteiger partial charge is 0.368 e. The Morgan fingerprint density at radius 2 is 2.00 bits per heavy atom. The Morgan fingerprint density at radius 1 is 1.16 bits per heavy atom. The van der Waals surface area contributed by atoms with Gasteiger partial charge >= 0.3 is 0 Å². The van der Waals surface area contributed by atoms with E-state index in [-0.39, 0.29) is 0 Å². The number of piperidine rings is 1. The molecule has 1 fully saturated rings. The minimum Gasteiger partial charge on any atom is -0.368 e. The molecule has 3 nitrogen and oxygen atoms in total. The van der Waals surface area contributed by atoms with Crippen molar-refractivity contribution in [3.63, 3.8) is 0 Å². The SMILES string of the molecule is C=C(c1ccc2c(c1)N(C1CCN(CC)CC1)CC2)c1ccccn1. The molecular weight excluding hydrogens is 306 g/mol. The van der Waals surface area contributed by atoms with E-state index in [9.17, 15) is 0 Å². The van der Waals surface area contributed by atoms with Crippen molar-refractivity contribution < 1.29 is 0 Å². The molecular formula is C22H27N3. The van der Waals surface area contributed by atoms with Crippen molar-refractivity contribution in [1.82, 2.24) is 9.88 Å². The van der Waals surface area contributed by atoms with Crippen LogP contribution in [0.3, 0.4) is 0 Å². The van der Waals surface area contributed by atoms with Gasteiger partial charge in [0, 0.05) is 43.1 Å². The van der Waals surface area contributed by atoms with E-state index >= 15 is 0 Å². The minimum atomic E-state index is 0.683. The van der Waals surface area contributed by atoms with Crippen LogP contribution in [0.5, 0.6) is 0 Å². The predicted molar refractivity (Wildman–Crippen MR) is 105 cm³/mol. The number of anilines is 1. The van der Waals surface area contributed by atoms with Crippen molar-refractivity contribution in [2.24, 2.45) is 0 Å². The van der Waals surface area contributed by atoms with Crippen LogP contribution >= 0.6 is 0 Å². The van der Waals surface area contributed by atoms with Crippen LogP contribution in [0.15, 0.2) is 49.2 Å². The van der Waals surface area contributed by atoms with Crippen LogP contribution in [0, 0.1) is 0 Å².